The van der Waals surface area contributed by atoms with E-state index in [0.29, 0.717) is 19.4 Å². The Morgan fingerprint density at radius 1 is 1.55 bits per heavy atom. The Bertz CT molecular complexity index is 602. The van der Waals surface area contributed by atoms with Crippen LogP contribution in [-0.2, 0) is 15.0 Å². The number of anilines is 1. The van der Waals surface area contributed by atoms with Gasteiger partial charge < -0.3 is 5.11 Å². The molecule has 1 aliphatic heterocycles. The number of hydrogen-bond acceptors (Lipinski definition) is 4. The van der Waals surface area contributed by atoms with Crippen LogP contribution >= 0.6 is 0 Å². The molecule has 0 bridgehead atoms. The number of aromatic nitrogens is 1. The maximum Gasteiger partial charge on any atom is 0.307 e. The fraction of sp³-hybridized carbons (Fsp3) is 0.500. The monoisotopic (exact) mass is 299 g/mol. The molecule has 0 aliphatic carbocycles. The summed E-state index contributed by atoms with van der Waals surface area (Å²) in [7, 11) is -3.76. The summed E-state index contributed by atoms with van der Waals surface area (Å²) in [4.78, 5) is 14.9. The molecule has 7 nitrogen and oxygen atoms in total. The molecule has 1 saturated heterocycles. The van der Waals surface area contributed by atoms with Gasteiger partial charge >= 0.3 is 16.2 Å². The van der Waals surface area contributed by atoms with E-state index >= 15 is 0 Å². The highest BCUT2D eigenvalue weighted by Crippen LogP contribution is 2.20. The lowest BCUT2D eigenvalue weighted by atomic mass is 10.0. The molecule has 2 heterocycles. The summed E-state index contributed by atoms with van der Waals surface area (Å²) in [5, 5.41) is 8.99. The van der Waals surface area contributed by atoms with E-state index in [1.54, 1.807) is 12.1 Å². The molecular formula is C12H17N3O4S. The second-order valence-corrected chi connectivity index (χ2v) is 6.53. The fourth-order valence-corrected chi connectivity index (χ4v) is 3.40. The number of hydrogen-bond donors (Lipinski definition) is 2. The predicted octanol–water partition coefficient (Wildman–Crippen LogP) is 0.843. The van der Waals surface area contributed by atoms with E-state index in [4.69, 9.17) is 5.11 Å². The first-order valence-electron chi connectivity index (χ1n) is 6.32. The minimum Gasteiger partial charge on any atom is -0.481 e. The van der Waals surface area contributed by atoms with E-state index in [-0.39, 0.29) is 12.4 Å². The third-order valence-corrected chi connectivity index (χ3v) is 4.70. The second kappa shape index (κ2) is 5.76. The van der Waals surface area contributed by atoms with E-state index in [0.717, 1.165) is 5.56 Å². The summed E-state index contributed by atoms with van der Waals surface area (Å²) in [5.41, 5.74) is 0.889. The van der Waals surface area contributed by atoms with Crippen LogP contribution < -0.4 is 4.72 Å². The van der Waals surface area contributed by atoms with Gasteiger partial charge in [0, 0.05) is 19.3 Å². The molecule has 8 heteroatoms. The van der Waals surface area contributed by atoms with E-state index in [9.17, 15) is 13.2 Å². The van der Waals surface area contributed by atoms with Crippen molar-refractivity contribution >= 4 is 22.0 Å². The molecule has 1 aromatic rings. The first-order chi connectivity index (χ1) is 9.38. The molecule has 20 heavy (non-hydrogen) atoms. The van der Waals surface area contributed by atoms with E-state index < -0.39 is 22.1 Å². The summed E-state index contributed by atoms with van der Waals surface area (Å²) < 4.78 is 28.0. The Morgan fingerprint density at radius 3 is 2.95 bits per heavy atom. The lowest BCUT2D eigenvalue weighted by molar-refractivity contribution is -0.142. The van der Waals surface area contributed by atoms with Gasteiger partial charge in [0.15, 0.2) is 0 Å². The summed E-state index contributed by atoms with van der Waals surface area (Å²) in [6.07, 6.45) is 2.56. The Labute approximate surface area is 117 Å². The molecule has 0 radical (unpaired) electrons. The fourth-order valence-electron chi connectivity index (χ4n) is 2.15. The molecule has 1 aromatic heterocycles. The number of pyridine rings is 1. The number of nitrogens with zero attached hydrogens (tertiary/aromatic N) is 2. The standard InChI is InChI=1S/C12H17N3O4S/c1-9-4-5-13-11(7-9)14-20(18,19)15-6-2-3-10(8-15)12(16)17/h4-5,7,10H,2-3,6,8H2,1H3,(H,13,14)(H,16,17). The maximum absolute atomic E-state index is 12.2. The van der Waals surface area contributed by atoms with Crippen LogP contribution in [0.25, 0.3) is 0 Å². The van der Waals surface area contributed by atoms with Crippen LogP contribution in [0.3, 0.4) is 0 Å². The molecule has 0 spiro atoms. The van der Waals surface area contributed by atoms with Gasteiger partial charge in [0.25, 0.3) is 0 Å². The third kappa shape index (κ3) is 3.45. The minimum absolute atomic E-state index is 0.00349. The topological polar surface area (TPSA) is 99.6 Å². The van der Waals surface area contributed by atoms with E-state index in [2.05, 4.69) is 9.71 Å². The van der Waals surface area contributed by atoms with Gasteiger partial charge in [0.05, 0.1) is 5.92 Å². The second-order valence-electron chi connectivity index (χ2n) is 4.86. The van der Waals surface area contributed by atoms with Crippen molar-refractivity contribution < 1.29 is 18.3 Å². The van der Waals surface area contributed by atoms with Crippen molar-refractivity contribution in [1.82, 2.24) is 9.29 Å². The lowest BCUT2D eigenvalue weighted by Gasteiger charge is -2.29. The van der Waals surface area contributed by atoms with Crippen LogP contribution in [0.4, 0.5) is 5.82 Å². The van der Waals surface area contributed by atoms with Gasteiger partial charge in [0.2, 0.25) is 0 Å². The average Bonchev–Trinajstić information content (AvgIpc) is 2.38. The van der Waals surface area contributed by atoms with Crippen molar-refractivity contribution in [1.29, 1.82) is 0 Å². The van der Waals surface area contributed by atoms with Crippen molar-refractivity contribution in [2.75, 3.05) is 17.8 Å². The van der Waals surface area contributed by atoms with E-state index in [1.807, 2.05) is 6.92 Å². The highest BCUT2D eigenvalue weighted by atomic mass is 32.2. The SMILES string of the molecule is Cc1ccnc(NS(=O)(=O)N2CCCC(C(=O)O)C2)c1. The largest absolute Gasteiger partial charge is 0.481 e. The number of rotatable bonds is 4. The Hall–Kier alpha value is -1.67. The average molecular weight is 299 g/mol. The van der Waals surface area contributed by atoms with Gasteiger partial charge in [-0.25, -0.2) is 4.98 Å². The quantitative estimate of drug-likeness (QED) is 0.858. The van der Waals surface area contributed by atoms with Gasteiger partial charge in [-0.05, 0) is 37.5 Å². The van der Waals surface area contributed by atoms with Crippen molar-refractivity contribution in [3.05, 3.63) is 23.9 Å². The first-order valence-corrected chi connectivity index (χ1v) is 7.76. The number of nitrogens with one attached hydrogen (secondary N) is 1. The molecule has 110 valence electrons. The molecular weight excluding hydrogens is 282 g/mol. The first kappa shape index (κ1) is 14.7. The van der Waals surface area contributed by atoms with Gasteiger partial charge in [-0.15, -0.1) is 0 Å². The minimum atomic E-state index is -3.76. The predicted molar refractivity (Wildman–Crippen MR) is 73.4 cm³/mol. The van der Waals surface area contributed by atoms with Gasteiger partial charge in [-0.2, -0.15) is 12.7 Å². The number of carbonyl (C=O) groups is 1. The van der Waals surface area contributed by atoms with Gasteiger partial charge in [-0.1, -0.05) is 0 Å². The molecule has 0 saturated carbocycles. The molecule has 0 aromatic carbocycles. The van der Waals surface area contributed by atoms with Crippen LogP contribution in [0.15, 0.2) is 18.3 Å². The van der Waals surface area contributed by atoms with Gasteiger partial charge in [0.1, 0.15) is 5.82 Å². The normalized spacial score (nSPS) is 20.6. The van der Waals surface area contributed by atoms with Crippen molar-refractivity contribution in [3.8, 4) is 0 Å². The third-order valence-electron chi connectivity index (χ3n) is 3.22. The van der Waals surface area contributed by atoms with Crippen molar-refractivity contribution in [3.63, 3.8) is 0 Å². The van der Waals surface area contributed by atoms with Crippen LogP contribution in [-0.4, -0.2) is 41.9 Å². The Balaban J connectivity index is 2.12. The number of carboxylic acids is 1. The van der Waals surface area contributed by atoms with Crippen LogP contribution in [0.2, 0.25) is 0 Å². The summed E-state index contributed by atoms with van der Waals surface area (Å²) in [6.45, 7) is 2.16. The summed E-state index contributed by atoms with van der Waals surface area (Å²) in [5.74, 6) is -1.37. The number of carboxylic acid groups (broad SMARTS) is 1. The number of piperidine rings is 1. The molecule has 1 unspecified atom stereocenters. The highest BCUT2D eigenvalue weighted by molar-refractivity contribution is 7.90. The Kier molecular flexibility index (Phi) is 4.24. The smallest absolute Gasteiger partial charge is 0.307 e. The van der Waals surface area contributed by atoms with Crippen LogP contribution in [0.5, 0.6) is 0 Å². The summed E-state index contributed by atoms with van der Waals surface area (Å²) >= 11 is 0. The molecule has 0 amide bonds. The highest BCUT2D eigenvalue weighted by Gasteiger charge is 2.32. The van der Waals surface area contributed by atoms with Gasteiger partial charge in [-0.3, -0.25) is 9.52 Å². The zero-order valence-electron chi connectivity index (χ0n) is 11.1. The molecule has 2 rings (SSSR count). The van der Waals surface area contributed by atoms with Crippen molar-refractivity contribution in [2.24, 2.45) is 5.92 Å². The zero-order chi connectivity index (χ0) is 14.8. The molecule has 1 fully saturated rings. The zero-order valence-corrected chi connectivity index (χ0v) is 11.9. The van der Waals surface area contributed by atoms with Crippen LogP contribution in [0, 0.1) is 12.8 Å². The Morgan fingerprint density at radius 2 is 2.30 bits per heavy atom. The maximum atomic E-state index is 12.2. The number of aliphatic carboxylic acids is 1. The van der Waals surface area contributed by atoms with Crippen LogP contribution in [0.1, 0.15) is 18.4 Å². The summed E-state index contributed by atoms with van der Waals surface area (Å²) in [6, 6.07) is 3.38. The van der Waals surface area contributed by atoms with E-state index in [1.165, 1.54) is 10.5 Å². The number of aryl methyl sites for hydroxylation is 1. The van der Waals surface area contributed by atoms with Crippen molar-refractivity contribution in [2.45, 2.75) is 19.8 Å². The lowest BCUT2D eigenvalue weighted by Crippen LogP contribution is -2.44. The molecule has 1 aliphatic rings. The molecule has 2 N–H and O–H groups in total. The molecule has 1 atom stereocenters.